The van der Waals surface area contributed by atoms with E-state index >= 15 is 0 Å². The second kappa shape index (κ2) is 6.52. The van der Waals surface area contributed by atoms with Crippen LogP contribution >= 0.6 is 0 Å². The molecule has 116 valence electrons. The molecule has 1 aliphatic heterocycles. The third-order valence-corrected chi connectivity index (χ3v) is 3.27. The molecule has 22 heavy (non-hydrogen) atoms. The zero-order valence-corrected chi connectivity index (χ0v) is 12.2. The molecule has 3 heterocycles. The average Bonchev–Trinajstić information content (AvgIpc) is 3.17. The number of carbonyl (C=O) groups is 1. The van der Waals surface area contributed by atoms with E-state index in [0.717, 1.165) is 19.4 Å². The van der Waals surface area contributed by atoms with Gasteiger partial charge in [0.2, 0.25) is 5.95 Å². The largest absolute Gasteiger partial charge is 0.376 e. The number of hydrogen-bond donors (Lipinski definition) is 2. The monoisotopic (exact) mass is 303 g/mol. The third-order valence-electron chi connectivity index (χ3n) is 3.27. The molecule has 0 radical (unpaired) electrons. The molecule has 0 spiro atoms. The van der Waals surface area contributed by atoms with E-state index in [4.69, 9.17) is 9.26 Å². The summed E-state index contributed by atoms with van der Waals surface area (Å²) in [6.45, 7) is 3.04. The number of nitrogens with one attached hydrogen (secondary N) is 2. The summed E-state index contributed by atoms with van der Waals surface area (Å²) >= 11 is 0. The van der Waals surface area contributed by atoms with E-state index in [9.17, 15) is 4.79 Å². The molecule has 1 fully saturated rings. The van der Waals surface area contributed by atoms with Gasteiger partial charge < -0.3 is 19.9 Å². The lowest BCUT2D eigenvalue weighted by molar-refractivity contribution is 0.0853. The maximum absolute atomic E-state index is 12.1. The normalized spacial score (nSPS) is 17.4. The van der Waals surface area contributed by atoms with Gasteiger partial charge in [-0.1, -0.05) is 5.16 Å². The Bertz CT molecular complexity index is 651. The van der Waals surface area contributed by atoms with Crippen LogP contribution in [-0.2, 0) is 4.74 Å². The molecule has 0 bridgehead atoms. The van der Waals surface area contributed by atoms with E-state index in [1.54, 1.807) is 19.1 Å². The Morgan fingerprint density at radius 1 is 1.50 bits per heavy atom. The van der Waals surface area contributed by atoms with Crippen molar-refractivity contribution in [3.8, 4) is 0 Å². The second-order valence-corrected chi connectivity index (χ2v) is 5.06. The molecule has 0 aliphatic carbocycles. The molecule has 3 rings (SSSR count). The van der Waals surface area contributed by atoms with Crippen LogP contribution in [0.1, 0.15) is 29.1 Å². The molecule has 8 nitrogen and oxygen atoms in total. The first-order valence-electron chi connectivity index (χ1n) is 7.14. The van der Waals surface area contributed by atoms with Crippen molar-refractivity contribution in [2.75, 3.05) is 18.5 Å². The van der Waals surface area contributed by atoms with E-state index in [1.807, 2.05) is 0 Å². The first-order valence-corrected chi connectivity index (χ1v) is 7.14. The Morgan fingerprint density at radius 2 is 2.41 bits per heavy atom. The van der Waals surface area contributed by atoms with Gasteiger partial charge in [-0.05, 0) is 25.8 Å². The maximum atomic E-state index is 12.1. The van der Waals surface area contributed by atoms with Crippen LogP contribution in [-0.4, -0.2) is 40.3 Å². The molecule has 1 unspecified atom stereocenters. The zero-order valence-electron chi connectivity index (χ0n) is 12.2. The van der Waals surface area contributed by atoms with Crippen molar-refractivity contribution in [1.29, 1.82) is 0 Å². The van der Waals surface area contributed by atoms with Gasteiger partial charge in [0.1, 0.15) is 11.5 Å². The standard InChI is InChI=1S/C14H17N5O3/c1-9-7-12(19-22-9)18-14-15-5-4-11(17-14)13(20)16-8-10-3-2-6-21-10/h4-5,7,10H,2-3,6,8H2,1H3,(H,16,20)(H,15,17,18,19). The summed E-state index contributed by atoms with van der Waals surface area (Å²) in [6.07, 6.45) is 3.63. The summed E-state index contributed by atoms with van der Waals surface area (Å²) in [5, 5.41) is 9.50. The number of nitrogens with zero attached hydrogens (tertiary/aromatic N) is 3. The van der Waals surface area contributed by atoms with Gasteiger partial charge in [0.15, 0.2) is 5.82 Å². The highest BCUT2D eigenvalue weighted by atomic mass is 16.5. The van der Waals surface area contributed by atoms with Crippen LogP contribution in [0.2, 0.25) is 0 Å². The summed E-state index contributed by atoms with van der Waals surface area (Å²) in [6, 6.07) is 3.28. The molecule has 1 aliphatic rings. The van der Waals surface area contributed by atoms with Gasteiger partial charge in [-0.15, -0.1) is 0 Å². The molecule has 1 saturated heterocycles. The highest BCUT2D eigenvalue weighted by Gasteiger charge is 2.17. The van der Waals surface area contributed by atoms with Crippen LogP contribution in [0.3, 0.4) is 0 Å². The lowest BCUT2D eigenvalue weighted by Gasteiger charge is -2.10. The van der Waals surface area contributed by atoms with E-state index < -0.39 is 0 Å². The Labute approximate surface area is 127 Å². The zero-order chi connectivity index (χ0) is 15.4. The fraction of sp³-hybridized carbons (Fsp3) is 0.429. The molecule has 8 heteroatoms. The summed E-state index contributed by atoms with van der Waals surface area (Å²) in [4.78, 5) is 20.3. The van der Waals surface area contributed by atoms with Gasteiger partial charge in [-0.3, -0.25) is 4.79 Å². The van der Waals surface area contributed by atoms with Crippen molar-refractivity contribution in [1.82, 2.24) is 20.4 Å². The first kappa shape index (κ1) is 14.5. The average molecular weight is 303 g/mol. The Morgan fingerprint density at radius 3 is 3.14 bits per heavy atom. The molecular formula is C14H17N5O3. The number of hydrogen-bond acceptors (Lipinski definition) is 7. The van der Waals surface area contributed by atoms with E-state index in [0.29, 0.717) is 18.1 Å². The highest BCUT2D eigenvalue weighted by molar-refractivity contribution is 5.92. The number of carbonyl (C=O) groups excluding carboxylic acids is 1. The number of rotatable bonds is 5. The lowest BCUT2D eigenvalue weighted by Crippen LogP contribution is -2.32. The Hall–Kier alpha value is -2.48. The summed E-state index contributed by atoms with van der Waals surface area (Å²) in [5.74, 6) is 1.21. The smallest absolute Gasteiger partial charge is 0.270 e. The first-order chi connectivity index (χ1) is 10.7. The molecule has 0 saturated carbocycles. The van der Waals surface area contributed by atoms with Gasteiger partial charge in [-0.2, -0.15) is 0 Å². The van der Waals surface area contributed by atoms with Gasteiger partial charge in [0.05, 0.1) is 6.10 Å². The van der Waals surface area contributed by atoms with Crippen molar-refractivity contribution in [3.63, 3.8) is 0 Å². The molecular weight excluding hydrogens is 286 g/mol. The van der Waals surface area contributed by atoms with Crippen molar-refractivity contribution < 1.29 is 14.1 Å². The van der Waals surface area contributed by atoms with Crippen LogP contribution in [0.5, 0.6) is 0 Å². The Kier molecular flexibility index (Phi) is 4.29. The predicted octanol–water partition coefficient (Wildman–Crippen LogP) is 1.43. The molecule has 1 atom stereocenters. The van der Waals surface area contributed by atoms with E-state index in [1.165, 1.54) is 6.20 Å². The van der Waals surface area contributed by atoms with Crippen LogP contribution in [0.15, 0.2) is 22.9 Å². The predicted molar refractivity (Wildman–Crippen MR) is 77.9 cm³/mol. The number of aryl methyl sites for hydroxylation is 1. The van der Waals surface area contributed by atoms with Crippen LogP contribution < -0.4 is 10.6 Å². The fourth-order valence-electron chi connectivity index (χ4n) is 2.19. The van der Waals surface area contributed by atoms with Crippen molar-refractivity contribution >= 4 is 17.7 Å². The minimum atomic E-state index is -0.253. The molecule has 1 amide bonds. The van der Waals surface area contributed by atoms with Crippen molar-refractivity contribution in [2.45, 2.75) is 25.9 Å². The third kappa shape index (κ3) is 3.59. The maximum Gasteiger partial charge on any atom is 0.270 e. The summed E-state index contributed by atoms with van der Waals surface area (Å²) in [7, 11) is 0. The van der Waals surface area contributed by atoms with Gasteiger partial charge in [-0.25, -0.2) is 9.97 Å². The molecule has 2 N–H and O–H groups in total. The fourth-order valence-corrected chi connectivity index (χ4v) is 2.19. The number of anilines is 2. The summed E-state index contributed by atoms with van der Waals surface area (Å²) < 4.78 is 10.4. The van der Waals surface area contributed by atoms with Crippen molar-refractivity contribution in [3.05, 3.63) is 29.8 Å². The number of ether oxygens (including phenoxy) is 1. The number of aromatic nitrogens is 3. The van der Waals surface area contributed by atoms with Gasteiger partial charge in [0.25, 0.3) is 5.91 Å². The summed E-state index contributed by atoms with van der Waals surface area (Å²) in [5.41, 5.74) is 0.288. The van der Waals surface area contributed by atoms with Gasteiger partial charge >= 0.3 is 0 Å². The highest BCUT2D eigenvalue weighted by Crippen LogP contribution is 2.13. The quantitative estimate of drug-likeness (QED) is 0.861. The SMILES string of the molecule is Cc1cc(Nc2nccc(C(=O)NCC3CCCO3)n2)no1. The van der Waals surface area contributed by atoms with Crippen LogP contribution in [0.4, 0.5) is 11.8 Å². The molecule has 0 aromatic carbocycles. The van der Waals surface area contributed by atoms with Crippen molar-refractivity contribution in [2.24, 2.45) is 0 Å². The van der Waals surface area contributed by atoms with Crippen LogP contribution in [0, 0.1) is 6.92 Å². The molecule has 2 aromatic rings. The lowest BCUT2D eigenvalue weighted by atomic mass is 10.2. The number of amides is 1. The minimum Gasteiger partial charge on any atom is -0.376 e. The van der Waals surface area contributed by atoms with E-state index in [-0.39, 0.29) is 23.7 Å². The second-order valence-electron chi connectivity index (χ2n) is 5.06. The minimum absolute atomic E-state index is 0.0986. The van der Waals surface area contributed by atoms with Gasteiger partial charge in [0, 0.05) is 25.4 Å². The Balaban J connectivity index is 1.61. The van der Waals surface area contributed by atoms with E-state index in [2.05, 4.69) is 25.8 Å². The topological polar surface area (TPSA) is 102 Å². The van der Waals surface area contributed by atoms with Crippen LogP contribution in [0.25, 0.3) is 0 Å². The molecule has 2 aromatic heterocycles.